The fourth-order valence-electron chi connectivity index (χ4n) is 8.19. The monoisotopic (exact) mass is 314 g/mol. The number of hydrogen-bond acceptors (Lipinski definition) is 4. The summed E-state index contributed by atoms with van der Waals surface area (Å²) < 4.78 is 5.02. The molecule has 7 aliphatic rings. The number of ether oxygens (including phenoxy) is 1. The van der Waals surface area contributed by atoms with Gasteiger partial charge in [-0.2, -0.15) is 11.8 Å². The topological polar surface area (TPSA) is 43.4 Å². The molecule has 3 saturated heterocycles. The summed E-state index contributed by atoms with van der Waals surface area (Å²) >= 11 is 2.25. The number of allylic oxidation sites excluding steroid dienone is 2. The summed E-state index contributed by atoms with van der Waals surface area (Å²) in [5.41, 5.74) is 0. The molecule has 12 atom stereocenters. The van der Waals surface area contributed by atoms with Crippen molar-refractivity contribution >= 4 is 23.7 Å². The zero-order chi connectivity index (χ0) is 14.3. The van der Waals surface area contributed by atoms with E-state index in [9.17, 15) is 9.59 Å². The molecular weight excluding hydrogens is 296 g/mol. The lowest BCUT2D eigenvalue weighted by Crippen LogP contribution is -2.48. The lowest BCUT2D eigenvalue weighted by atomic mass is 9.57. The summed E-state index contributed by atoms with van der Waals surface area (Å²) in [6, 6.07) is 0. The molecule has 0 radical (unpaired) electrons. The Morgan fingerprint density at radius 3 is 1.91 bits per heavy atom. The van der Waals surface area contributed by atoms with E-state index in [-0.39, 0.29) is 23.8 Å². The van der Waals surface area contributed by atoms with Gasteiger partial charge >= 0.3 is 11.9 Å². The minimum absolute atomic E-state index is 0.0775. The normalized spacial score (nSPS) is 67.8. The van der Waals surface area contributed by atoms with E-state index in [0.29, 0.717) is 23.7 Å². The van der Waals surface area contributed by atoms with E-state index in [2.05, 4.69) is 23.9 Å². The average Bonchev–Trinajstić information content (AvgIpc) is 3.31. The largest absolute Gasteiger partial charge is 0.393 e. The molecule has 3 saturated carbocycles. The number of thioether (sulfide) groups is 1. The first-order valence-corrected chi connectivity index (χ1v) is 9.77. The van der Waals surface area contributed by atoms with Gasteiger partial charge in [-0.3, -0.25) is 9.59 Å². The van der Waals surface area contributed by atoms with Crippen LogP contribution in [0.25, 0.3) is 0 Å². The average molecular weight is 314 g/mol. The molecule has 0 amide bonds. The zero-order valence-corrected chi connectivity index (χ0v) is 12.9. The maximum atomic E-state index is 12.1. The standard InChI is InChI=1S/C18H18O3S/c19-17-13-7-4-8(14(13)18(20)21-17)12-11(7)15-9-5-1-2-6(3-5)10(9)16(12)22-15/h1-2,5-16H,3-4H2. The van der Waals surface area contributed by atoms with E-state index in [1.54, 1.807) is 0 Å². The smallest absolute Gasteiger partial charge is 0.317 e. The number of rotatable bonds is 0. The Bertz CT molecular complexity index is 619. The second-order valence-corrected chi connectivity index (χ2v) is 10.0. The molecule has 6 fully saturated rings. The summed E-state index contributed by atoms with van der Waals surface area (Å²) in [4.78, 5) is 24.3. The fourth-order valence-corrected chi connectivity index (χ4v) is 10.8. The minimum atomic E-state index is -0.196. The van der Waals surface area contributed by atoms with Gasteiger partial charge in [-0.25, -0.2) is 0 Å². The molecule has 0 spiro atoms. The Morgan fingerprint density at radius 2 is 1.36 bits per heavy atom. The predicted molar refractivity (Wildman–Crippen MR) is 79.5 cm³/mol. The molecular formula is C18H18O3S. The Labute approximate surface area is 133 Å². The number of carbonyl (C=O) groups excluding carboxylic acids is 2. The van der Waals surface area contributed by atoms with Crippen LogP contribution >= 0.6 is 11.8 Å². The van der Waals surface area contributed by atoms with Crippen LogP contribution in [0.1, 0.15) is 12.8 Å². The first-order chi connectivity index (χ1) is 10.7. The number of cyclic esters (lactones) is 2. The second kappa shape index (κ2) is 3.35. The molecule has 114 valence electrons. The first-order valence-electron chi connectivity index (χ1n) is 8.83. The van der Waals surface area contributed by atoms with Crippen molar-refractivity contribution in [2.24, 2.45) is 59.2 Å². The van der Waals surface area contributed by atoms with Crippen molar-refractivity contribution in [1.29, 1.82) is 0 Å². The van der Waals surface area contributed by atoms with E-state index in [1.807, 2.05) is 0 Å². The van der Waals surface area contributed by atoms with Crippen molar-refractivity contribution in [3.05, 3.63) is 12.2 Å². The van der Waals surface area contributed by atoms with Gasteiger partial charge in [0.2, 0.25) is 0 Å². The number of esters is 2. The minimum Gasteiger partial charge on any atom is -0.393 e. The molecule has 0 aromatic rings. The predicted octanol–water partition coefficient (Wildman–Crippen LogP) is 2.12. The van der Waals surface area contributed by atoms with E-state index < -0.39 is 0 Å². The SMILES string of the molecule is O=C1OC(=O)C2C3CC(C12)C1C2SC(C4C5C=CC(C5)C24)C31. The van der Waals surface area contributed by atoms with Gasteiger partial charge in [0.25, 0.3) is 0 Å². The summed E-state index contributed by atoms with van der Waals surface area (Å²) in [7, 11) is 0. The molecule has 6 bridgehead atoms. The molecule has 22 heavy (non-hydrogen) atoms. The molecule has 4 heteroatoms. The van der Waals surface area contributed by atoms with Gasteiger partial charge in [-0.15, -0.1) is 0 Å². The van der Waals surface area contributed by atoms with Gasteiger partial charge < -0.3 is 4.74 Å². The van der Waals surface area contributed by atoms with E-state index in [0.717, 1.165) is 40.6 Å². The van der Waals surface area contributed by atoms with Gasteiger partial charge in [0.15, 0.2) is 0 Å². The summed E-state index contributed by atoms with van der Waals surface area (Å²) in [6.45, 7) is 0. The molecule has 4 aliphatic carbocycles. The third-order valence-corrected chi connectivity index (χ3v) is 10.3. The van der Waals surface area contributed by atoms with Crippen LogP contribution < -0.4 is 0 Å². The zero-order valence-electron chi connectivity index (χ0n) is 12.1. The van der Waals surface area contributed by atoms with Crippen LogP contribution in [0.15, 0.2) is 12.2 Å². The Kier molecular flexibility index (Phi) is 1.79. The van der Waals surface area contributed by atoms with Gasteiger partial charge in [0.05, 0.1) is 11.8 Å². The van der Waals surface area contributed by atoms with Crippen molar-refractivity contribution in [3.63, 3.8) is 0 Å². The Morgan fingerprint density at radius 1 is 0.818 bits per heavy atom. The van der Waals surface area contributed by atoms with Crippen LogP contribution in [0.5, 0.6) is 0 Å². The van der Waals surface area contributed by atoms with Gasteiger partial charge in [-0.1, -0.05) is 12.2 Å². The van der Waals surface area contributed by atoms with E-state index in [1.165, 1.54) is 6.42 Å². The fraction of sp³-hybridized carbons (Fsp3) is 0.778. The summed E-state index contributed by atoms with van der Waals surface area (Å²) in [6.07, 6.45) is 7.46. The molecule has 0 N–H and O–H groups in total. The summed E-state index contributed by atoms with van der Waals surface area (Å²) in [5.74, 6) is 5.12. The van der Waals surface area contributed by atoms with Gasteiger partial charge in [0, 0.05) is 10.5 Å². The second-order valence-electron chi connectivity index (χ2n) is 8.68. The lowest BCUT2D eigenvalue weighted by Gasteiger charge is -2.44. The van der Waals surface area contributed by atoms with Crippen LogP contribution in [-0.4, -0.2) is 22.4 Å². The maximum Gasteiger partial charge on any atom is 0.317 e. The van der Waals surface area contributed by atoms with Gasteiger partial charge in [0.1, 0.15) is 0 Å². The van der Waals surface area contributed by atoms with Crippen LogP contribution in [0, 0.1) is 59.2 Å². The highest BCUT2D eigenvalue weighted by atomic mass is 32.2. The highest BCUT2D eigenvalue weighted by Gasteiger charge is 2.76. The number of carbonyl (C=O) groups is 2. The third kappa shape index (κ3) is 0.993. The number of fused-ring (bicyclic) bond motifs is 19. The quantitative estimate of drug-likeness (QED) is 0.390. The van der Waals surface area contributed by atoms with E-state index >= 15 is 0 Å². The third-order valence-electron chi connectivity index (χ3n) is 8.45. The van der Waals surface area contributed by atoms with Crippen molar-refractivity contribution in [2.45, 2.75) is 23.3 Å². The highest BCUT2D eigenvalue weighted by molar-refractivity contribution is 8.01. The van der Waals surface area contributed by atoms with Crippen LogP contribution in [-0.2, 0) is 14.3 Å². The molecule has 12 unspecified atom stereocenters. The first kappa shape index (κ1) is 11.7. The molecule has 0 aromatic heterocycles. The lowest BCUT2D eigenvalue weighted by molar-refractivity contribution is -0.154. The molecule has 7 rings (SSSR count). The molecule has 3 aliphatic heterocycles. The van der Waals surface area contributed by atoms with Crippen LogP contribution in [0.4, 0.5) is 0 Å². The Hall–Kier alpha value is -0.770. The highest BCUT2D eigenvalue weighted by Crippen LogP contribution is 2.77. The van der Waals surface area contributed by atoms with Gasteiger partial charge in [-0.05, 0) is 60.2 Å². The van der Waals surface area contributed by atoms with Crippen molar-refractivity contribution < 1.29 is 14.3 Å². The number of hydrogen-bond donors (Lipinski definition) is 0. The van der Waals surface area contributed by atoms with Crippen LogP contribution in [0.3, 0.4) is 0 Å². The van der Waals surface area contributed by atoms with Crippen molar-refractivity contribution in [3.8, 4) is 0 Å². The summed E-state index contributed by atoms with van der Waals surface area (Å²) in [5, 5.41) is 1.53. The van der Waals surface area contributed by atoms with Crippen molar-refractivity contribution in [1.82, 2.24) is 0 Å². The molecule has 0 aromatic carbocycles. The van der Waals surface area contributed by atoms with Crippen molar-refractivity contribution in [2.75, 3.05) is 0 Å². The molecule has 3 heterocycles. The molecule has 3 nitrogen and oxygen atoms in total. The van der Waals surface area contributed by atoms with E-state index in [4.69, 9.17) is 4.74 Å². The maximum absolute atomic E-state index is 12.1. The Balaban J connectivity index is 1.35. The van der Waals surface area contributed by atoms with Crippen LogP contribution in [0.2, 0.25) is 0 Å².